The number of nitrogens with zero attached hydrogens (tertiary/aromatic N) is 1. The Hall–Kier alpha value is -3.09. The fourth-order valence-corrected chi connectivity index (χ4v) is 2.72. The first-order chi connectivity index (χ1) is 14.3. The van der Waals surface area contributed by atoms with Gasteiger partial charge in [0, 0.05) is 13.1 Å². The minimum atomic E-state index is -0.685. The van der Waals surface area contributed by atoms with Gasteiger partial charge in [0.05, 0.1) is 7.11 Å². The molecule has 0 aliphatic heterocycles. The first-order valence-corrected chi connectivity index (χ1v) is 9.88. The van der Waals surface area contributed by atoms with Crippen molar-refractivity contribution in [3.63, 3.8) is 0 Å². The number of hydrogen-bond donors (Lipinski definition) is 1. The van der Waals surface area contributed by atoms with Crippen molar-refractivity contribution in [2.45, 2.75) is 33.4 Å². The minimum Gasteiger partial charge on any atom is -0.497 e. The van der Waals surface area contributed by atoms with Crippen LogP contribution in [0, 0.1) is 11.7 Å². The molecule has 2 aromatic carbocycles. The lowest BCUT2D eigenvalue weighted by molar-refractivity contribution is -0.142. The van der Waals surface area contributed by atoms with Gasteiger partial charge in [0.1, 0.15) is 23.4 Å². The predicted molar refractivity (Wildman–Crippen MR) is 113 cm³/mol. The average Bonchev–Trinajstić information content (AvgIpc) is 2.75. The maximum atomic E-state index is 13.1. The van der Waals surface area contributed by atoms with Gasteiger partial charge in [0.2, 0.25) is 5.91 Å². The lowest BCUT2D eigenvalue weighted by Crippen LogP contribution is -2.49. The second-order valence-corrected chi connectivity index (χ2v) is 7.43. The molecule has 1 N–H and O–H groups in total. The Kier molecular flexibility index (Phi) is 8.65. The van der Waals surface area contributed by atoms with E-state index in [2.05, 4.69) is 5.32 Å². The van der Waals surface area contributed by atoms with Crippen LogP contribution in [0.4, 0.5) is 4.39 Å². The van der Waals surface area contributed by atoms with Crippen LogP contribution in [0.1, 0.15) is 26.3 Å². The molecule has 0 bridgehead atoms. The maximum absolute atomic E-state index is 13.1. The number of hydrogen-bond acceptors (Lipinski definition) is 4. The van der Waals surface area contributed by atoms with Crippen molar-refractivity contribution >= 4 is 11.8 Å². The van der Waals surface area contributed by atoms with Crippen LogP contribution in [0.3, 0.4) is 0 Å². The predicted octanol–water partition coefficient (Wildman–Crippen LogP) is 3.40. The van der Waals surface area contributed by atoms with Crippen LogP contribution in [0.2, 0.25) is 0 Å². The standard InChI is InChI=1S/C23H29FN2O4/c1-16(2)13-25-23(28)17(3)26(14-18-5-9-20(29-4)10-6-18)22(27)15-30-21-11-7-19(24)8-12-21/h5-12,16-17H,13-15H2,1-4H3,(H,25,28)/t17-/m0/s1. The highest BCUT2D eigenvalue weighted by Gasteiger charge is 2.26. The maximum Gasteiger partial charge on any atom is 0.261 e. The summed E-state index contributed by atoms with van der Waals surface area (Å²) in [5.74, 6) is 0.429. The SMILES string of the molecule is COc1ccc(CN(C(=O)COc2ccc(F)cc2)[C@@H](C)C(=O)NCC(C)C)cc1. The highest BCUT2D eigenvalue weighted by atomic mass is 19.1. The van der Waals surface area contributed by atoms with Gasteiger partial charge in [-0.2, -0.15) is 0 Å². The average molecular weight is 416 g/mol. The zero-order chi connectivity index (χ0) is 22.1. The minimum absolute atomic E-state index is 0.229. The fourth-order valence-electron chi connectivity index (χ4n) is 2.72. The highest BCUT2D eigenvalue weighted by Crippen LogP contribution is 2.16. The van der Waals surface area contributed by atoms with Crippen molar-refractivity contribution in [2.24, 2.45) is 5.92 Å². The summed E-state index contributed by atoms with van der Waals surface area (Å²) in [5, 5.41) is 2.87. The third-order valence-electron chi connectivity index (χ3n) is 4.54. The molecule has 0 heterocycles. The molecular formula is C23H29FN2O4. The van der Waals surface area contributed by atoms with Crippen LogP contribution in [-0.4, -0.2) is 43.0 Å². The Balaban J connectivity index is 2.12. The number of rotatable bonds is 10. The van der Waals surface area contributed by atoms with Gasteiger partial charge in [-0.25, -0.2) is 4.39 Å². The highest BCUT2D eigenvalue weighted by molar-refractivity contribution is 5.87. The topological polar surface area (TPSA) is 67.9 Å². The molecule has 2 aromatic rings. The summed E-state index contributed by atoms with van der Waals surface area (Å²) in [6.07, 6.45) is 0. The van der Waals surface area contributed by atoms with Gasteiger partial charge in [-0.3, -0.25) is 9.59 Å². The second-order valence-electron chi connectivity index (χ2n) is 7.43. The van der Waals surface area contributed by atoms with Gasteiger partial charge in [0.15, 0.2) is 6.61 Å². The third-order valence-corrected chi connectivity index (χ3v) is 4.54. The molecule has 162 valence electrons. The molecule has 0 saturated heterocycles. The van der Waals surface area contributed by atoms with Gasteiger partial charge in [0.25, 0.3) is 5.91 Å². The summed E-state index contributed by atoms with van der Waals surface area (Å²) in [6.45, 7) is 6.20. The molecule has 2 rings (SSSR count). The van der Waals surface area contributed by atoms with E-state index in [-0.39, 0.29) is 30.8 Å². The Bertz CT molecular complexity index is 822. The Morgan fingerprint density at radius 1 is 1.00 bits per heavy atom. The van der Waals surface area contributed by atoms with Crippen molar-refractivity contribution in [3.8, 4) is 11.5 Å². The molecule has 0 aliphatic rings. The van der Waals surface area contributed by atoms with E-state index in [0.29, 0.717) is 24.0 Å². The Morgan fingerprint density at radius 3 is 2.17 bits per heavy atom. The molecule has 0 saturated carbocycles. The van der Waals surface area contributed by atoms with Gasteiger partial charge in [-0.05, 0) is 54.8 Å². The number of carbonyl (C=O) groups is 2. The van der Waals surface area contributed by atoms with Gasteiger partial charge in [-0.1, -0.05) is 26.0 Å². The number of amides is 2. The molecule has 30 heavy (non-hydrogen) atoms. The van der Waals surface area contributed by atoms with E-state index in [9.17, 15) is 14.0 Å². The van der Waals surface area contributed by atoms with E-state index in [4.69, 9.17) is 9.47 Å². The molecule has 0 aromatic heterocycles. The van der Waals surface area contributed by atoms with Crippen LogP contribution >= 0.6 is 0 Å². The van der Waals surface area contributed by atoms with Gasteiger partial charge in [-0.15, -0.1) is 0 Å². The molecule has 0 aliphatic carbocycles. The van der Waals surface area contributed by atoms with Crippen LogP contribution in [0.5, 0.6) is 11.5 Å². The number of methoxy groups -OCH3 is 1. The van der Waals surface area contributed by atoms with Gasteiger partial charge < -0.3 is 19.7 Å². The summed E-state index contributed by atoms with van der Waals surface area (Å²) < 4.78 is 23.7. The summed E-state index contributed by atoms with van der Waals surface area (Å²) >= 11 is 0. The summed E-state index contributed by atoms with van der Waals surface area (Å²) in [4.78, 5) is 27.0. The first kappa shape index (κ1) is 23.2. The summed E-state index contributed by atoms with van der Waals surface area (Å²) in [7, 11) is 1.58. The van der Waals surface area contributed by atoms with Crippen LogP contribution < -0.4 is 14.8 Å². The molecule has 0 spiro atoms. The zero-order valence-electron chi connectivity index (χ0n) is 17.9. The second kappa shape index (κ2) is 11.2. The zero-order valence-corrected chi connectivity index (χ0v) is 17.9. The molecule has 7 heteroatoms. The Morgan fingerprint density at radius 2 is 1.60 bits per heavy atom. The van der Waals surface area contributed by atoms with Crippen molar-refractivity contribution in [3.05, 3.63) is 59.9 Å². The quantitative estimate of drug-likeness (QED) is 0.645. The van der Waals surface area contributed by atoms with Gasteiger partial charge >= 0.3 is 0 Å². The van der Waals surface area contributed by atoms with E-state index in [1.165, 1.54) is 29.2 Å². The number of ether oxygens (including phenoxy) is 2. The number of carbonyl (C=O) groups excluding carboxylic acids is 2. The Labute approximate surface area is 177 Å². The number of nitrogens with one attached hydrogen (secondary N) is 1. The van der Waals surface area contributed by atoms with E-state index in [1.807, 2.05) is 26.0 Å². The monoisotopic (exact) mass is 416 g/mol. The van der Waals surface area contributed by atoms with Crippen LogP contribution in [0.25, 0.3) is 0 Å². The normalized spacial score (nSPS) is 11.7. The summed E-state index contributed by atoms with van der Waals surface area (Å²) in [5.41, 5.74) is 0.856. The molecule has 0 radical (unpaired) electrons. The summed E-state index contributed by atoms with van der Waals surface area (Å²) in [6, 6.07) is 12.0. The largest absolute Gasteiger partial charge is 0.497 e. The van der Waals surface area contributed by atoms with Crippen LogP contribution in [-0.2, 0) is 16.1 Å². The lowest BCUT2D eigenvalue weighted by atomic mass is 10.1. The van der Waals surface area contributed by atoms with Crippen molar-refractivity contribution in [1.29, 1.82) is 0 Å². The lowest BCUT2D eigenvalue weighted by Gasteiger charge is -2.29. The fraction of sp³-hybridized carbons (Fsp3) is 0.391. The van der Waals surface area contributed by atoms with Crippen molar-refractivity contribution in [1.82, 2.24) is 10.2 Å². The van der Waals surface area contributed by atoms with Crippen molar-refractivity contribution in [2.75, 3.05) is 20.3 Å². The number of benzene rings is 2. The first-order valence-electron chi connectivity index (χ1n) is 9.88. The van der Waals surface area contributed by atoms with E-state index in [0.717, 1.165) is 5.56 Å². The smallest absolute Gasteiger partial charge is 0.261 e. The van der Waals surface area contributed by atoms with Crippen LogP contribution in [0.15, 0.2) is 48.5 Å². The van der Waals surface area contributed by atoms with E-state index >= 15 is 0 Å². The molecule has 0 unspecified atom stereocenters. The van der Waals surface area contributed by atoms with E-state index in [1.54, 1.807) is 26.2 Å². The molecule has 6 nitrogen and oxygen atoms in total. The number of halogens is 1. The molecule has 2 amide bonds. The molecule has 1 atom stereocenters. The molecule has 0 fully saturated rings. The van der Waals surface area contributed by atoms with Crippen molar-refractivity contribution < 1.29 is 23.5 Å². The third kappa shape index (κ3) is 7.06. The molecular weight excluding hydrogens is 387 g/mol. The van der Waals surface area contributed by atoms with E-state index < -0.39 is 6.04 Å².